The average molecular weight is 214 g/mol. The number of alkyl halides is 2. The Hall–Kier alpha value is -1.85. The maximum atomic E-state index is 11.7. The molecule has 15 heavy (non-hydrogen) atoms. The van der Waals surface area contributed by atoms with Crippen LogP contribution >= 0.6 is 0 Å². The van der Waals surface area contributed by atoms with E-state index in [9.17, 15) is 8.78 Å². The predicted molar refractivity (Wildman–Crippen MR) is 49.3 cm³/mol. The third-order valence-corrected chi connectivity index (χ3v) is 1.94. The summed E-state index contributed by atoms with van der Waals surface area (Å²) in [6, 6.07) is 5.01. The van der Waals surface area contributed by atoms with Gasteiger partial charge >= 0.3 is 6.61 Å². The van der Waals surface area contributed by atoms with Gasteiger partial charge in [0.05, 0.1) is 0 Å². The van der Waals surface area contributed by atoms with Crippen LogP contribution in [0.3, 0.4) is 0 Å². The first kappa shape index (κ1) is 9.70. The number of fused-ring (bicyclic) bond motifs is 1. The number of hydrogen-bond donors (Lipinski definition) is 1. The van der Waals surface area contributed by atoms with Crippen molar-refractivity contribution in [1.82, 2.24) is 0 Å². The summed E-state index contributed by atoms with van der Waals surface area (Å²) in [6.07, 6.45) is 0. The molecule has 6 heteroatoms. The summed E-state index contributed by atoms with van der Waals surface area (Å²) < 4.78 is 28.5. The first-order valence-corrected chi connectivity index (χ1v) is 4.20. The second kappa shape index (κ2) is 3.72. The van der Waals surface area contributed by atoms with Crippen LogP contribution in [0.25, 0.3) is 0 Å². The van der Waals surface area contributed by atoms with Crippen molar-refractivity contribution in [1.29, 1.82) is 0 Å². The summed E-state index contributed by atoms with van der Waals surface area (Å²) in [5, 5.41) is 3.20. The second-order valence-electron chi connectivity index (χ2n) is 2.97. The summed E-state index contributed by atoms with van der Waals surface area (Å²) in [5.41, 5.74) is 7.58. The van der Waals surface area contributed by atoms with Crippen LogP contribution in [-0.4, -0.2) is 12.5 Å². The summed E-state index contributed by atoms with van der Waals surface area (Å²) in [7, 11) is 0. The van der Waals surface area contributed by atoms with Gasteiger partial charge in [-0.05, 0) is 23.4 Å². The molecule has 0 radical (unpaired) electrons. The fraction of sp³-hybridized carbons (Fsp3) is 0.222. The monoisotopic (exact) mass is 214 g/mol. The summed E-state index contributed by atoms with van der Waals surface area (Å²) in [6.45, 7) is -2.68. The van der Waals surface area contributed by atoms with Crippen LogP contribution in [0.4, 0.5) is 14.5 Å². The standard InChI is InChI=1S/C9H8F2N2O2/c10-9(11)15-13-8-7-2-1-6(12)3-5(7)4-14-8/h1-3,9H,4,12H2/b13-8-. The summed E-state index contributed by atoms with van der Waals surface area (Å²) in [5.74, 6) is 0.0605. The van der Waals surface area contributed by atoms with Gasteiger partial charge in [-0.15, -0.1) is 0 Å². The van der Waals surface area contributed by atoms with Crippen molar-refractivity contribution < 1.29 is 18.4 Å². The minimum atomic E-state index is -2.95. The fourth-order valence-corrected chi connectivity index (χ4v) is 1.33. The molecule has 80 valence electrons. The van der Waals surface area contributed by atoms with Crippen molar-refractivity contribution in [3.05, 3.63) is 29.3 Å². The second-order valence-corrected chi connectivity index (χ2v) is 2.97. The number of anilines is 1. The molecular weight excluding hydrogens is 206 g/mol. The smallest absolute Gasteiger partial charge is 0.408 e. The Morgan fingerprint density at radius 3 is 3.00 bits per heavy atom. The predicted octanol–water partition coefficient (Wildman–Crippen LogP) is 1.70. The molecular formula is C9H8F2N2O2. The van der Waals surface area contributed by atoms with Gasteiger partial charge in [-0.2, -0.15) is 8.78 Å². The lowest BCUT2D eigenvalue weighted by Gasteiger charge is -1.99. The number of nitrogens with two attached hydrogens (primary N) is 1. The quantitative estimate of drug-likeness (QED) is 0.602. The molecule has 2 rings (SSSR count). The Balaban J connectivity index is 2.25. The highest BCUT2D eigenvalue weighted by molar-refractivity contribution is 5.97. The lowest BCUT2D eigenvalue weighted by molar-refractivity contribution is -0.129. The number of nitrogen functional groups attached to an aromatic ring is 1. The Morgan fingerprint density at radius 2 is 2.27 bits per heavy atom. The van der Waals surface area contributed by atoms with Gasteiger partial charge in [0.25, 0.3) is 5.90 Å². The normalized spacial score (nSPS) is 16.6. The number of benzene rings is 1. The average Bonchev–Trinajstić information content (AvgIpc) is 2.57. The van der Waals surface area contributed by atoms with Crippen LogP contribution in [0, 0.1) is 0 Å². The molecule has 0 atom stereocenters. The number of halogens is 2. The molecule has 1 aliphatic heterocycles. The molecule has 0 saturated heterocycles. The Bertz CT molecular complexity index is 407. The molecule has 0 unspecified atom stereocenters. The van der Waals surface area contributed by atoms with E-state index in [1.54, 1.807) is 18.2 Å². The molecule has 0 bridgehead atoms. The van der Waals surface area contributed by atoms with Crippen LogP contribution in [0.2, 0.25) is 0 Å². The number of hydrogen-bond acceptors (Lipinski definition) is 4. The molecule has 1 aromatic carbocycles. The van der Waals surface area contributed by atoms with E-state index in [2.05, 4.69) is 9.99 Å². The summed E-state index contributed by atoms with van der Waals surface area (Å²) >= 11 is 0. The number of ether oxygens (including phenoxy) is 1. The summed E-state index contributed by atoms with van der Waals surface area (Å²) in [4.78, 5) is 3.81. The van der Waals surface area contributed by atoms with Crippen molar-refractivity contribution >= 4 is 11.6 Å². The lowest BCUT2D eigenvalue weighted by atomic mass is 10.1. The minimum Gasteiger partial charge on any atom is -0.470 e. The van der Waals surface area contributed by atoms with E-state index in [0.29, 0.717) is 11.3 Å². The largest absolute Gasteiger partial charge is 0.470 e. The Morgan fingerprint density at radius 1 is 1.47 bits per heavy atom. The third kappa shape index (κ3) is 1.98. The van der Waals surface area contributed by atoms with Gasteiger partial charge in [0.15, 0.2) is 0 Å². The maximum Gasteiger partial charge on any atom is 0.408 e. The highest BCUT2D eigenvalue weighted by atomic mass is 19.3. The van der Waals surface area contributed by atoms with E-state index in [-0.39, 0.29) is 12.5 Å². The van der Waals surface area contributed by atoms with Crippen molar-refractivity contribution in [3.8, 4) is 0 Å². The molecule has 1 aliphatic rings. The van der Waals surface area contributed by atoms with Gasteiger partial charge in [-0.1, -0.05) is 0 Å². The van der Waals surface area contributed by atoms with E-state index in [1.807, 2.05) is 0 Å². The zero-order valence-corrected chi connectivity index (χ0v) is 7.61. The third-order valence-electron chi connectivity index (χ3n) is 1.94. The van der Waals surface area contributed by atoms with Gasteiger partial charge in [-0.25, -0.2) is 0 Å². The number of nitrogens with zero attached hydrogens (tertiary/aromatic N) is 1. The van der Waals surface area contributed by atoms with Crippen LogP contribution < -0.4 is 5.73 Å². The highest BCUT2D eigenvalue weighted by Gasteiger charge is 2.20. The SMILES string of the molecule is Nc1ccc2c(c1)CO/C2=N\OC(F)F. The first-order valence-electron chi connectivity index (χ1n) is 4.20. The fourth-order valence-electron chi connectivity index (χ4n) is 1.33. The van der Waals surface area contributed by atoms with Crippen LogP contribution in [-0.2, 0) is 16.2 Å². The molecule has 0 amide bonds. The van der Waals surface area contributed by atoms with Crippen LogP contribution in [0.1, 0.15) is 11.1 Å². The molecule has 4 nitrogen and oxygen atoms in total. The maximum absolute atomic E-state index is 11.7. The van der Waals surface area contributed by atoms with E-state index in [1.165, 1.54) is 0 Å². The highest BCUT2D eigenvalue weighted by Crippen LogP contribution is 2.22. The molecule has 1 aromatic rings. The molecule has 1 heterocycles. The van der Waals surface area contributed by atoms with Gasteiger partial charge in [0.1, 0.15) is 6.61 Å². The zero-order valence-electron chi connectivity index (χ0n) is 7.61. The van der Waals surface area contributed by atoms with Crippen molar-refractivity contribution in [2.75, 3.05) is 5.73 Å². The van der Waals surface area contributed by atoms with E-state index in [0.717, 1.165) is 5.56 Å². The number of oxime groups is 1. The van der Waals surface area contributed by atoms with Gasteiger partial charge < -0.3 is 15.3 Å². The van der Waals surface area contributed by atoms with E-state index >= 15 is 0 Å². The molecule has 0 fully saturated rings. The van der Waals surface area contributed by atoms with Crippen LogP contribution in [0.15, 0.2) is 23.4 Å². The molecule has 0 aliphatic carbocycles. The molecule has 0 aromatic heterocycles. The van der Waals surface area contributed by atoms with E-state index < -0.39 is 6.61 Å². The lowest BCUT2D eigenvalue weighted by Crippen LogP contribution is -2.01. The first-order chi connectivity index (χ1) is 7.16. The van der Waals surface area contributed by atoms with Gasteiger partial charge in [0, 0.05) is 16.8 Å². The van der Waals surface area contributed by atoms with Gasteiger partial charge in [-0.3, -0.25) is 0 Å². The zero-order chi connectivity index (χ0) is 10.8. The van der Waals surface area contributed by atoms with Crippen molar-refractivity contribution in [2.24, 2.45) is 5.16 Å². The van der Waals surface area contributed by atoms with Crippen LogP contribution in [0.5, 0.6) is 0 Å². The molecule has 2 N–H and O–H groups in total. The van der Waals surface area contributed by atoms with E-state index in [4.69, 9.17) is 10.5 Å². The molecule has 0 spiro atoms. The minimum absolute atomic E-state index is 0.0605. The van der Waals surface area contributed by atoms with Crippen molar-refractivity contribution in [2.45, 2.75) is 13.2 Å². The topological polar surface area (TPSA) is 56.8 Å². The molecule has 0 saturated carbocycles. The number of rotatable bonds is 2. The Labute approximate surface area is 84.3 Å². The van der Waals surface area contributed by atoms with Crippen molar-refractivity contribution in [3.63, 3.8) is 0 Å². The van der Waals surface area contributed by atoms with Gasteiger partial charge in [0.2, 0.25) is 0 Å². The Kier molecular flexibility index (Phi) is 2.40.